The van der Waals surface area contributed by atoms with Gasteiger partial charge >= 0.3 is 6.09 Å². The molecule has 1 aliphatic carbocycles. The lowest BCUT2D eigenvalue weighted by molar-refractivity contribution is 0.00376. The van der Waals surface area contributed by atoms with E-state index in [4.69, 9.17) is 9.47 Å². The predicted octanol–water partition coefficient (Wildman–Crippen LogP) is 4.83. The zero-order valence-electron chi connectivity index (χ0n) is 19.3. The summed E-state index contributed by atoms with van der Waals surface area (Å²) in [5.41, 5.74) is 2.08. The molecular weight excluding hydrogens is 376 g/mol. The van der Waals surface area contributed by atoms with E-state index >= 15 is 0 Å². The number of carbonyl (C=O) groups excluding carboxylic acids is 1. The van der Waals surface area contributed by atoms with Crippen molar-refractivity contribution < 1.29 is 14.3 Å². The average Bonchev–Trinajstić information content (AvgIpc) is 3.47. The van der Waals surface area contributed by atoms with E-state index in [1.165, 1.54) is 11.1 Å². The number of ether oxygens (including phenoxy) is 2. The Hall–Kier alpha value is -1.85. The van der Waals surface area contributed by atoms with E-state index in [0.717, 1.165) is 45.5 Å². The molecule has 2 aliphatic rings. The minimum absolute atomic E-state index is 0.155. The van der Waals surface area contributed by atoms with Crippen LogP contribution in [-0.2, 0) is 9.47 Å². The van der Waals surface area contributed by atoms with Gasteiger partial charge in [-0.1, -0.05) is 42.0 Å². The van der Waals surface area contributed by atoms with Crippen LogP contribution >= 0.6 is 0 Å². The Kier molecular flexibility index (Phi) is 7.59. The maximum atomic E-state index is 13.2. The zero-order chi connectivity index (χ0) is 21.7. The third kappa shape index (κ3) is 6.32. The van der Waals surface area contributed by atoms with E-state index in [-0.39, 0.29) is 18.2 Å². The highest BCUT2D eigenvalue weighted by Gasteiger charge is 2.48. The summed E-state index contributed by atoms with van der Waals surface area (Å²) in [4.78, 5) is 17.7. The number of amides is 1. The van der Waals surface area contributed by atoms with Crippen LogP contribution in [0.4, 0.5) is 4.79 Å². The van der Waals surface area contributed by atoms with Gasteiger partial charge in [-0.2, -0.15) is 0 Å². The highest BCUT2D eigenvalue weighted by Crippen LogP contribution is 2.44. The van der Waals surface area contributed by atoms with Crippen LogP contribution in [0.3, 0.4) is 0 Å². The van der Waals surface area contributed by atoms with E-state index in [1.807, 2.05) is 26.8 Å². The molecule has 2 fully saturated rings. The number of hydrogen-bond acceptors (Lipinski definition) is 4. The fourth-order valence-corrected chi connectivity index (χ4v) is 4.41. The molecule has 1 aromatic carbocycles. The van der Waals surface area contributed by atoms with E-state index in [2.05, 4.69) is 47.1 Å². The molecule has 0 spiro atoms. The van der Waals surface area contributed by atoms with Crippen LogP contribution in [-0.4, -0.2) is 66.9 Å². The Balaban J connectivity index is 1.68. The second kappa shape index (κ2) is 9.97. The van der Waals surface area contributed by atoms with E-state index in [1.54, 1.807) is 7.11 Å². The van der Waals surface area contributed by atoms with Crippen LogP contribution < -0.4 is 0 Å². The molecule has 5 heteroatoms. The molecule has 166 valence electrons. The minimum Gasteiger partial charge on any atom is -0.444 e. The van der Waals surface area contributed by atoms with Gasteiger partial charge in [0.2, 0.25) is 0 Å². The van der Waals surface area contributed by atoms with Crippen LogP contribution in [0.15, 0.2) is 35.9 Å². The normalized spacial score (nSPS) is 23.3. The lowest BCUT2D eigenvalue weighted by Gasteiger charge is -2.39. The number of benzene rings is 1. The highest BCUT2D eigenvalue weighted by atomic mass is 16.6. The number of piperidine rings is 1. The van der Waals surface area contributed by atoms with Gasteiger partial charge in [0.25, 0.3) is 0 Å². The Morgan fingerprint density at radius 1 is 1.20 bits per heavy atom. The predicted molar refractivity (Wildman–Crippen MR) is 121 cm³/mol. The number of methoxy groups -OCH3 is 1. The average molecular weight is 415 g/mol. The van der Waals surface area contributed by atoms with Gasteiger partial charge < -0.3 is 19.3 Å². The van der Waals surface area contributed by atoms with Gasteiger partial charge in [0.1, 0.15) is 5.60 Å². The molecule has 1 amide bonds. The minimum atomic E-state index is -0.478. The fourth-order valence-electron chi connectivity index (χ4n) is 4.41. The summed E-state index contributed by atoms with van der Waals surface area (Å²) in [5.74, 6) is 0.421. The third-order valence-corrected chi connectivity index (χ3v) is 6.06. The molecule has 30 heavy (non-hydrogen) atoms. The zero-order valence-corrected chi connectivity index (χ0v) is 19.3. The van der Waals surface area contributed by atoms with E-state index < -0.39 is 5.60 Å². The second-order valence-corrected chi connectivity index (χ2v) is 9.66. The van der Waals surface area contributed by atoms with Gasteiger partial charge in [-0.3, -0.25) is 0 Å². The molecule has 5 nitrogen and oxygen atoms in total. The monoisotopic (exact) mass is 414 g/mol. The van der Waals surface area contributed by atoms with Crippen molar-refractivity contribution in [2.45, 2.75) is 64.6 Å². The van der Waals surface area contributed by atoms with Gasteiger partial charge in [0.15, 0.2) is 0 Å². The lowest BCUT2D eigenvalue weighted by atomic mass is 10.0. The van der Waals surface area contributed by atoms with Crippen molar-refractivity contribution in [3.05, 3.63) is 41.5 Å². The molecule has 0 radical (unpaired) electrons. The van der Waals surface area contributed by atoms with Gasteiger partial charge in [-0.15, -0.1) is 0 Å². The summed E-state index contributed by atoms with van der Waals surface area (Å²) in [5, 5.41) is 0. The molecule has 1 saturated heterocycles. The Morgan fingerprint density at radius 3 is 2.47 bits per heavy atom. The van der Waals surface area contributed by atoms with Crippen LogP contribution in [0.5, 0.6) is 0 Å². The molecule has 0 bridgehead atoms. The van der Waals surface area contributed by atoms with E-state index in [0.29, 0.717) is 5.92 Å². The van der Waals surface area contributed by atoms with Gasteiger partial charge in [-0.25, -0.2) is 4.79 Å². The molecule has 2 atom stereocenters. The highest BCUT2D eigenvalue weighted by molar-refractivity contribution is 5.70. The molecule has 1 aromatic rings. The number of hydrogen-bond donors (Lipinski definition) is 0. The summed E-state index contributed by atoms with van der Waals surface area (Å²) < 4.78 is 11.0. The van der Waals surface area contributed by atoms with Crippen molar-refractivity contribution in [3.8, 4) is 0 Å². The van der Waals surface area contributed by atoms with Crippen molar-refractivity contribution >= 4 is 12.2 Å². The topological polar surface area (TPSA) is 42.0 Å². The quantitative estimate of drug-likeness (QED) is 0.641. The lowest BCUT2D eigenvalue weighted by Crippen LogP contribution is -2.50. The summed E-state index contributed by atoms with van der Waals surface area (Å²) in [7, 11) is 1.75. The van der Waals surface area contributed by atoms with Gasteiger partial charge in [0, 0.05) is 44.7 Å². The van der Waals surface area contributed by atoms with Crippen molar-refractivity contribution in [2.75, 3.05) is 33.4 Å². The van der Waals surface area contributed by atoms with Crippen LogP contribution in [0.1, 0.15) is 52.5 Å². The molecule has 3 rings (SSSR count). The Labute approximate surface area is 182 Å². The maximum Gasteiger partial charge on any atom is 0.410 e. The SMILES string of the molecule is COCCN1CCC(N(C(=O)OC(C)(C)C)[C@@H]2C[C@H]2/C(C)=C/c2ccccc2)CC1. The standard InChI is InChI=1S/C25H38N2O3/c1-19(17-20-9-7-6-8-10-20)22-18-23(22)27(24(28)30-25(2,3)4)21-11-13-26(14-12-21)15-16-29-5/h6-10,17,21-23H,11-16,18H2,1-5H3/b19-17+/t22-,23+/m0/s1. The first kappa shape index (κ1) is 22.8. The summed E-state index contributed by atoms with van der Waals surface area (Å²) >= 11 is 0. The van der Waals surface area contributed by atoms with Crippen LogP contribution in [0.25, 0.3) is 6.08 Å². The smallest absolute Gasteiger partial charge is 0.410 e. The second-order valence-electron chi connectivity index (χ2n) is 9.66. The summed E-state index contributed by atoms with van der Waals surface area (Å²) in [6.07, 6.45) is 5.11. The van der Waals surface area contributed by atoms with Crippen molar-refractivity contribution in [3.63, 3.8) is 0 Å². The first-order valence-corrected chi connectivity index (χ1v) is 11.2. The maximum absolute atomic E-state index is 13.2. The number of nitrogens with zero attached hydrogens (tertiary/aromatic N) is 2. The van der Waals surface area contributed by atoms with Crippen molar-refractivity contribution in [2.24, 2.45) is 5.92 Å². The molecule has 1 aliphatic heterocycles. The van der Waals surface area contributed by atoms with Crippen LogP contribution in [0.2, 0.25) is 0 Å². The number of rotatable bonds is 7. The Bertz CT molecular complexity index is 718. The molecule has 0 unspecified atom stereocenters. The first-order chi connectivity index (χ1) is 14.3. The summed E-state index contributed by atoms with van der Waals surface area (Å²) in [6.45, 7) is 11.8. The van der Waals surface area contributed by atoms with Crippen molar-refractivity contribution in [1.29, 1.82) is 0 Å². The first-order valence-electron chi connectivity index (χ1n) is 11.2. The molecule has 1 saturated carbocycles. The van der Waals surface area contributed by atoms with Crippen LogP contribution in [0, 0.1) is 5.92 Å². The van der Waals surface area contributed by atoms with Crippen molar-refractivity contribution in [1.82, 2.24) is 9.80 Å². The Morgan fingerprint density at radius 2 is 1.87 bits per heavy atom. The molecule has 1 heterocycles. The number of carbonyl (C=O) groups is 1. The molecule has 0 aromatic heterocycles. The third-order valence-electron chi connectivity index (χ3n) is 6.06. The van der Waals surface area contributed by atoms with Gasteiger partial charge in [-0.05, 0) is 52.5 Å². The van der Waals surface area contributed by atoms with E-state index in [9.17, 15) is 4.79 Å². The fraction of sp³-hybridized carbons (Fsp3) is 0.640. The largest absolute Gasteiger partial charge is 0.444 e. The molecule has 0 N–H and O–H groups in total. The van der Waals surface area contributed by atoms with Gasteiger partial charge in [0.05, 0.1) is 6.61 Å². The summed E-state index contributed by atoms with van der Waals surface area (Å²) in [6, 6.07) is 10.9. The molecular formula is C25H38N2O3. The number of likely N-dealkylation sites (tertiary alicyclic amines) is 1.